The van der Waals surface area contributed by atoms with Crippen molar-refractivity contribution in [2.75, 3.05) is 0 Å². The van der Waals surface area contributed by atoms with Crippen LogP contribution in [0.15, 0.2) is 36.8 Å². The highest BCUT2D eigenvalue weighted by atomic mass is 16.4. The first kappa shape index (κ1) is 15.9. The maximum absolute atomic E-state index is 9.37. The van der Waals surface area contributed by atoms with Crippen molar-refractivity contribution in [3.63, 3.8) is 0 Å². The second kappa shape index (κ2) is 7.54. The number of carboxylic acids is 1. The number of carboxylic acid groups (broad SMARTS) is 1. The Balaban J connectivity index is 0.000000309. The molecule has 0 saturated heterocycles. The third-order valence-corrected chi connectivity index (χ3v) is 3.41. The van der Waals surface area contributed by atoms with Crippen LogP contribution < -0.4 is 0 Å². The molecule has 116 valence electrons. The summed E-state index contributed by atoms with van der Waals surface area (Å²) in [5.41, 5.74) is 3.24. The van der Waals surface area contributed by atoms with Crippen LogP contribution in [-0.2, 0) is 11.3 Å². The summed E-state index contributed by atoms with van der Waals surface area (Å²) in [5, 5.41) is 8.92. The van der Waals surface area contributed by atoms with Crippen LogP contribution in [0, 0.1) is 0 Å². The molecule has 3 rings (SSSR count). The van der Waals surface area contributed by atoms with Crippen molar-refractivity contribution in [1.29, 1.82) is 0 Å². The van der Waals surface area contributed by atoms with Gasteiger partial charge >= 0.3 is 5.97 Å². The molecule has 0 bridgehead atoms. The van der Waals surface area contributed by atoms with Crippen molar-refractivity contribution >= 4 is 27.9 Å². The lowest BCUT2D eigenvalue weighted by Crippen LogP contribution is -1.96. The van der Waals surface area contributed by atoms with Crippen LogP contribution in [0.5, 0.6) is 0 Å². The largest absolute Gasteiger partial charge is 0.481 e. The summed E-state index contributed by atoms with van der Waals surface area (Å²) in [4.78, 5) is 18.2. The van der Waals surface area contributed by atoms with Crippen molar-refractivity contribution in [2.24, 2.45) is 0 Å². The summed E-state index contributed by atoms with van der Waals surface area (Å²) < 4.78 is 2.24. The Morgan fingerprint density at radius 2 is 1.91 bits per heavy atom. The van der Waals surface area contributed by atoms with Crippen molar-refractivity contribution in [3.05, 3.63) is 36.8 Å². The third kappa shape index (κ3) is 3.61. The summed E-state index contributed by atoms with van der Waals surface area (Å²) in [6.07, 6.45) is 6.39. The van der Waals surface area contributed by atoms with Crippen LogP contribution in [0.2, 0.25) is 0 Å². The molecular formula is C17H21N3O2. The zero-order valence-electron chi connectivity index (χ0n) is 13.0. The molecule has 0 aliphatic heterocycles. The molecule has 5 nitrogen and oxygen atoms in total. The van der Waals surface area contributed by atoms with Crippen molar-refractivity contribution in [3.8, 4) is 0 Å². The fourth-order valence-electron chi connectivity index (χ4n) is 2.20. The van der Waals surface area contributed by atoms with E-state index in [1.165, 1.54) is 23.7 Å². The SMILES string of the molecule is CCC(=O)O.CCCCn1cnc2cnc3ccccc3c21. The smallest absolute Gasteiger partial charge is 0.303 e. The number of para-hydroxylation sites is 1. The van der Waals surface area contributed by atoms with E-state index in [0.717, 1.165) is 17.6 Å². The van der Waals surface area contributed by atoms with E-state index in [1.807, 2.05) is 24.7 Å². The van der Waals surface area contributed by atoms with Crippen molar-refractivity contribution in [2.45, 2.75) is 39.7 Å². The summed E-state index contributed by atoms with van der Waals surface area (Å²) in [5.74, 6) is -0.745. The van der Waals surface area contributed by atoms with E-state index >= 15 is 0 Å². The molecule has 0 fully saturated rings. The van der Waals surface area contributed by atoms with Crippen molar-refractivity contribution < 1.29 is 9.90 Å². The number of carbonyl (C=O) groups is 1. The fourth-order valence-corrected chi connectivity index (χ4v) is 2.20. The molecule has 1 aromatic carbocycles. The van der Waals surface area contributed by atoms with Gasteiger partial charge < -0.3 is 9.67 Å². The number of rotatable bonds is 4. The molecular weight excluding hydrogens is 278 g/mol. The normalized spacial score (nSPS) is 10.5. The molecule has 0 radical (unpaired) electrons. The Bertz CT molecular complexity index is 765. The number of nitrogens with zero attached hydrogens (tertiary/aromatic N) is 3. The van der Waals surface area contributed by atoms with E-state index in [4.69, 9.17) is 5.11 Å². The number of hydrogen-bond donors (Lipinski definition) is 1. The maximum Gasteiger partial charge on any atom is 0.303 e. The number of aromatic nitrogens is 3. The molecule has 1 N–H and O–H groups in total. The lowest BCUT2D eigenvalue weighted by Gasteiger charge is -2.05. The van der Waals surface area contributed by atoms with Gasteiger partial charge in [0, 0.05) is 18.4 Å². The molecule has 3 aromatic rings. The van der Waals surface area contributed by atoms with Gasteiger partial charge in [0.25, 0.3) is 0 Å². The minimum atomic E-state index is -0.745. The first-order valence-corrected chi connectivity index (χ1v) is 7.57. The van der Waals surface area contributed by atoms with E-state index in [0.29, 0.717) is 0 Å². The minimum absolute atomic E-state index is 0.222. The van der Waals surface area contributed by atoms with E-state index in [1.54, 1.807) is 6.92 Å². The van der Waals surface area contributed by atoms with E-state index in [9.17, 15) is 4.79 Å². The predicted molar refractivity (Wildman–Crippen MR) is 87.9 cm³/mol. The number of fused-ring (bicyclic) bond motifs is 3. The molecule has 0 atom stereocenters. The van der Waals surface area contributed by atoms with E-state index < -0.39 is 5.97 Å². The topological polar surface area (TPSA) is 68.0 Å². The summed E-state index contributed by atoms with van der Waals surface area (Å²) in [6.45, 7) is 4.84. The third-order valence-electron chi connectivity index (χ3n) is 3.41. The van der Waals surface area contributed by atoms with E-state index in [2.05, 4.69) is 33.6 Å². The van der Waals surface area contributed by atoms with E-state index in [-0.39, 0.29) is 6.42 Å². The second-order valence-electron chi connectivity index (χ2n) is 5.05. The molecule has 0 unspecified atom stereocenters. The summed E-state index contributed by atoms with van der Waals surface area (Å²) >= 11 is 0. The van der Waals surface area contributed by atoms with Gasteiger partial charge in [-0.2, -0.15) is 0 Å². The molecule has 5 heteroatoms. The highest BCUT2D eigenvalue weighted by molar-refractivity contribution is 6.01. The van der Waals surface area contributed by atoms with Gasteiger partial charge in [0.05, 0.1) is 23.6 Å². The van der Waals surface area contributed by atoms with Gasteiger partial charge in [0.2, 0.25) is 0 Å². The van der Waals surface area contributed by atoms with Gasteiger partial charge in [-0.25, -0.2) is 4.98 Å². The second-order valence-corrected chi connectivity index (χ2v) is 5.05. The average molecular weight is 299 g/mol. The van der Waals surface area contributed by atoms with Crippen LogP contribution in [-0.4, -0.2) is 25.6 Å². The monoisotopic (exact) mass is 299 g/mol. The van der Waals surface area contributed by atoms with Gasteiger partial charge in [-0.15, -0.1) is 0 Å². The molecule has 2 heterocycles. The Morgan fingerprint density at radius 1 is 1.18 bits per heavy atom. The van der Waals surface area contributed by atoms with Crippen LogP contribution in [0.1, 0.15) is 33.1 Å². The molecule has 0 saturated carbocycles. The Kier molecular flexibility index (Phi) is 5.47. The van der Waals surface area contributed by atoms with Crippen molar-refractivity contribution in [1.82, 2.24) is 14.5 Å². The Labute approximate surface area is 129 Å². The van der Waals surface area contributed by atoms with Crippen LogP contribution in [0.3, 0.4) is 0 Å². The van der Waals surface area contributed by atoms with Crippen LogP contribution >= 0.6 is 0 Å². The molecule has 0 amide bonds. The number of hydrogen-bond acceptors (Lipinski definition) is 3. The molecule has 0 aliphatic carbocycles. The highest BCUT2D eigenvalue weighted by Gasteiger charge is 2.07. The molecule has 0 spiro atoms. The predicted octanol–water partition coefficient (Wildman–Crippen LogP) is 3.87. The molecule has 0 aliphatic rings. The Morgan fingerprint density at radius 3 is 2.59 bits per heavy atom. The Hall–Kier alpha value is -2.43. The van der Waals surface area contributed by atoms with Crippen LogP contribution in [0.4, 0.5) is 0 Å². The lowest BCUT2D eigenvalue weighted by molar-refractivity contribution is -0.136. The summed E-state index contributed by atoms with van der Waals surface area (Å²) in [7, 11) is 0. The van der Waals surface area contributed by atoms with Gasteiger partial charge in [0.15, 0.2) is 0 Å². The minimum Gasteiger partial charge on any atom is -0.481 e. The standard InChI is InChI=1S/C14H15N3.C3H6O2/c1-2-3-8-17-10-16-13-9-15-12-7-5-4-6-11(12)14(13)17;1-2-3(4)5/h4-7,9-10H,2-3,8H2,1H3;2H2,1H3,(H,4,5). The number of unbranched alkanes of at least 4 members (excludes halogenated alkanes) is 1. The maximum atomic E-state index is 9.37. The zero-order chi connectivity index (χ0) is 15.9. The molecule has 2 aromatic heterocycles. The lowest BCUT2D eigenvalue weighted by atomic mass is 10.2. The number of benzene rings is 1. The quantitative estimate of drug-likeness (QED) is 0.794. The number of aliphatic carboxylic acids is 1. The highest BCUT2D eigenvalue weighted by Crippen LogP contribution is 2.22. The number of aryl methyl sites for hydroxylation is 1. The average Bonchev–Trinajstić information content (AvgIpc) is 2.97. The van der Waals surface area contributed by atoms with Gasteiger partial charge in [-0.1, -0.05) is 38.5 Å². The number of imidazole rings is 1. The summed E-state index contributed by atoms with van der Waals surface area (Å²) in [6, 6.07) is 8.25. The fraction of sp³-hybridized carbons (Fsp3) is 0.353. The first-order valence-electron chi connectivity index (χ1n) is 7.57. The zero-order valence-corrected chi connectivity index (χ0v) is 13.0. The number of pyridine rings is 1. The van der Waals surface area contributed by atoms with Gasteiger partial charge in [-0.05, 0) is 12.5 Å². The van der Waals surface area contributed by atoms with Gasteiger partial charge in [-0.3, -0.25) is 9.78 Å². The first-order chi connectivity index (χ1) is 10.7. The van der Waals surface area contributed by atoms with Crippen LogP contribution in [0.25, 0.3) is 21.9 Å². The van der Waals surface area contributed by atoms with Gasteiger partial charge in [0.1, 0.15) is 5.52 Å². The molecule has 22 heavy (non-hydrogen) atoms.